The van der Waals surface area contributed by atoms with E-state index in [9.17, 15) is 4.79 Å². The van der Waals surface area contributed by atoms with Crippen LogP contribution in [-0.2, 0) is 4.79 Å². The number of aromatic nitrogens is 2. The summed E-state index contributed by atoms with van der Waals surface area (Å²) in [5.41, 5.74) is 4.11. The number of methoxy groups -OCH3 is 1. The number of carbonyl (C=O) groups is 1. The molecule has 6 nitrogen and oxygen atoms in total. The average molecular weight is 316 g/mol. The smallest absolute Gasteiger partial charge is 0.250 e. The number of hydrogen-bond acceptors (Lipinski definition) is 6. The van der Waals surface area contributed by atoms with E-state index in [0.717, 1.165) is 11.3 Å². The Morgan fingerprint density at radius 3 is 2.82 bits per heavy atom. The molecular weight excluding hydrogens is 300 g/mol. The molecule has 1 aromatic carbocycles. The first-order valence-corrected chi connectivity index (χ1v) is 7.55. The van der Waals surface area contributed by atoms with Gasteiger partial charge in [0.15, 0.2) is 5.16 Å². The molecule has 0 aliphatic carbocycles. The fourth-order valence-electron chi connectivity index (χ4n) is 1.58. The molecule has 2 rings (SSSR count). The summed E-state index contributed by atoms with van der Waals surface area (Å²) < 4.78 is 5.16. The Labute approximate surface area is 133 Å². The van der Waals surface area contributed by atoms with Gasteiger partial charge in [0.2, 0.25) is 0 Å². The number of nitrogens with zero attached hydrogens (tertiary/aromatic N) is 3. The maximum absolute atomic E-state index is 11.8. The zero-order chi connectivity index (χ0) is 15.8. The van der Waals surface area contributed by atoms with Crippen molar-refractivity contribution in [3.63, 3.8) is 0 Å². The molecule has 0 saturated carbocycles. The van der Waals surface area contributed by atoms with Gasteiger partial charge in [-0.15, -0.1) is 0 Å². The van der Waals surface area contributed by atoms with Crippen molar-refractivity contribution in [2.75, 3.05) is 12.9 Å². The molecule has 0 atom stereocenters. The van der Waals surface area contributed by atoms with E-state index in [0.29, 0.717) is 10.9 Å². The third-order valence-electron chi connectivity index (χ3n) is 2.71. The first kappa shape index (κ1) is 16.0. The van der Waals surface area contributed by atoms with Gasteiger partial charge in [0.25, 0.3) is 5.91 Å². The quantitative estimate of drug-likeness (QED) is 0.382. The summed E-state index contributed by atoms with van der Waals surface area (Å²) in [6.07, 6.45) is 3.27. The van der Waals surface area contributed by atoms with Crippen LogP contribution in [-0.4, -0.2) is 34.4 Å². The van der Waals surface area contributed by atoms with Crippen LogP contribution in [0.5, 0.6) is 5.75 Å². The summed E-state index contributed by atoms with van der Waals surface area (Å²) in [4.78, 5) is 19.8. The van der Waals surface area contributed by atoms with Gasteiger partial charge in [-0.1, -0.05) is 23.9 Å². The van der Waals surface area contributed by atoms with E-state index < -0.39 is 0 Å². The van der Waals surface area contributed by atoms with Gasteiger partial charge >= 0.3 is 0 Å². The summed E-state index contributed by atoms with van der Waals surface area (Å²) in [5, 5.41) is 4.65. The van der Waals surface area contributed by atoms with Crippen LogP contribution in [0.3, 0.4) is 0 Å². The van der Waals surface area contributed by atoms with Gasteiger partial charge < -0.3 is 4.74 Å². The van der Waals surface area contributed by atoms with Crippen LogP contribution in [0.15, 0.2) is 53.0 Å². The van der Waals surface area contributed by atoms with E-state index >= 15 is 0 Å². The molecule has 1 amide bonds. The van der Waals surface area contributed by atoms with E-state index in [-0.39, 0.29) is 11.7 Å². The van der Waals surface area contributed by atoms with Crippen LogP contribution in [0.1, 0.15) is 12.5 Å². The van der Waals surface area contributed by atoms with Gasteiger partial charge in [-0.2, -0.15) is 5.10 Å². The zero-order valence-electron chi connectivity index (χ0n) is 12.3. The number of thioether (sulfide) groups is 1. The molecule has 0 unspecified atom stereocenters. The minimum atomic E-state index is -0.209. The molecule has 1 heterocycles. The number of hydrogen-bond donors (Lipinski definition) is 1. The number of hydrazone groups is 1. The van der Waals surface area contributed by atoms with Gasteiger partial charge in [-0.3, -0.25) is 4.79 Å². The minimum absolute atomic E-state index is 0.207. The predicted octanol–water partition coefficient (Wildman–Crippen LogP) is 2.12. The highest BCUT2D eigenvalue weighted by Gasteiger charge is 2.04. The Hall–Kier alpha value is -2.41. The van der Waals surface area contributed by atoms with E-state index in [1.165, 1.54) is 11.8 Å². The van der Waals surface area contributed by atoms with Crippen molar-refractivity contribution in [3.05, 3.63) is 48.3 Å². The Bertz CT molecular complexity index is 662. The van der Waals surface area contributed by atoms with E-state index in [1.54, 1.807) is 25.6 Å². The molecule has 2 aromatic rings. The van der Waals surface area contributed by atoms with E-state index in [2.05, 4.69) is 20.5 Å². The number of amides is 1. The molecule has 0 aliphatic heterocycles. The normalized spacial score (nSPS) is 11.1. The fourth-order valence-corrected chi connectivity index (χ4v) is 2.18. The van der Waals surface area contributed by atoms with Crippen molar-refractivity contribution in [1.29, 1.82) is 0 Å². The third kappa shape index (κ3) is 4.85. The largest absolute Gasteiger partial charge is 0.497 e. The van der Waals surface area contributed by atoms with Crippen molar-refractivity contribution >= 4 is 23.4 Å². The van der Waals surface area contributed by atoms with Crippen LogP contribution in [0.4, 0.5) is 0 Å². The SMILES string of the molecule is COc1cccc(/C(C)=N\NC(=O)CSc2ncccn2)c1. The highest BCUT2D eigenvalue weighted by molar-refractivity contribution is 7.99. The lowest BCUT2D eigenvalue weighted by atomic mass is 10.1. The fraction of sp³-hybridized carbons (Fsp3) is 0.200. The van der Waals surface area contributed by atoms with Gasteiger partial charge in [-0.25, -0.2) is 15.4 Å². The molecule has 0 aliphatic rings. The van der Waals surface area contributed by atoms with Gasteiger partial charge in [0, 0.05) is 18.0 Å². The lowest BCUT2D eigenvalue weighted by Gasteiger charge is -2.05. The lowest BCUT2D eigenvalue weighted by Crippen LogP contribution is -2.21. The molecule has 0 bridgehead atoms. The van der Waals surface area contributed by atoms with Gasteiger partial charge in [0.1, 0.15) is 5.75 Å². The molecule has 1 N–H and O–H groups in total. The van der Waals surface area contributed by atoms with Crippen molar-refractivity contribution in [2.24, 2.45) is 5.10 Å². The summed E-state index contributed by atoms with van der Waals surface area (Å²) in [7, 11) is 1.61. The predicted molar refractivity (Wildman–Crippen MR) is 86.1 cm³/mol. The van der Waals surface area contributed by atoms with Gasteiger partial charge in [-0.05, 0) is 25.1 Å². The number of rotatable bonds is 6. The zero-order valence-corrected chi connectivity index (χ0v) is 13.1. The lowest BCUT2D eigenvalue weighted by molar-refractivity contribution is -0.118. The van der Waals surface area contributed by atoms with E-state index in [1.807, 2.05) is 31.2 Å². The van der Waals surface area contributed by atoms with E-state index in [4.69, 9.17) is 4.74 Å². The number of benzene rings is 1. The molecule has 22 heavy (non-hydrogen) atoms. The second-order valence-electron chi connectivity index (χ2n) is 4.28. The van der Waals surface area contributed by atoms with Crippen molar-refractivity contribution < 1.29 is 9.53 Å². The van der Waals surface area contributed by atoms with Crippen LogP contribution < -0.4 is 10.2 Å². The summed E-state index contributed by atoms with van der Waals surface area (Å²) in [6.45, 7) is 1.82. The second-order valence-corrected chi connectivity index (χ2v) is 5.23. The summed E-state index contributed by atoms with van der Waals surface area (Å²) in [6, 6.07) is 9.22. The summed E-state index contributed by atoms with van der Waals surface area (Å²) in [5.74, 6) is 0.744. The molecule has 1 aromatic heterocycles. The maximum Gasteiger partial charge on any atom is 0.250 e. The molecule has 114 valence electrons. The highest BCUT2D eigenvalue weighted by atomic mass is 32.2. The van der Waals surface area contributed by atoms with Crippen molar-refractivity contribution in [1.82, 2.24) is 15.4 Å². The maximum atomic E-state index is 11.8. The topological polar surface area (TPSA) is 76.5 Å². The number of ether oxygens (including phenoxy) is 1. The monoisotopic (exact) mass is 316 g/mol. The summed E-state index contributed by atoms with van der Waals surface area (Å²) >= 11 is 1.26. The third-order valence-corrected chi connectivity index (χ3v) is 3.59. The Morgan fingerprint density at radius 2 is 2.09 bits per heavy atom. The Morgan fingerprint density at radius 1 is 1.32 bits per heavy atom. The van der Waals surface area contributed by atoms with Gasteiger partial charge in [0.05, 0.1) is 18.6 Å². The Balaban J connectivity index is 1.88. The molecule has 0 saturated heterocycles. The molecule has 0 fully saturated rings. The average Bonchev–Trinajstić information content (AvgIpc) is 2.58. The highest BCUT2D eigenvalue weighted by Crippen LogP contribution is 2.13. The van der Waals surface area contributed by atoms with Crippen LogP contribution in [0.2, 0.25) is 0 Å². The molecule has 0 radical (unpaired) electrons. The van der Waals surface area contributed by atoms with Crippen molar-refractivity contribution in [2.45, 2.75) is 12.1 Å². The first-order valence-electron chi connectivity index (χ1n) is 6.56. The van der Waals surface area contributed by atoms with Crippen molar-refractivity contribution in [3.8, 4) is 5.75 Å². The standard InChI is InChI=1S/C15H16N4O2S/c1-11(12-5-3-6-13(9-12)21-2)18-19-14(20)10-22-15-16-7-4-8-17-15/h3-9H,10H2,1-2H3,(H,19,20)/b18-11-. The number of carbonyl (C=O) groups excluding carboxylic acids is 1. The Kier molecular flexibility index (Phi) is 5.91. The molecular formula is C15H16N4O2S. The molecule has 7 heteroatoms. The van der Waals surface area contributed by atoms with Crippen LogP contribution >= 0.6 is 11.8 Å². The second kappa shape index (κ2) is 8.14. The minimum Gasteiger partial charge on any atom is -0.497 e. The first-order chi connectivity index (χ1) is 10.7. The van der Waals surface area contributed by atoms with Crippen LogP contribution in [0.25, 0.3) is 0 Å². The van der Waals surface area contributed by atoms with Crippen LogP contribution in [0, 0.1) is 0 Å². The number of nitrogens with one attached hydrogen (secondary N) is 1. The molecule has 0 spiro atoms.